The first-order chi connectivity index (χ1) is 11.2. The molecule has 0 saturated carbocycles. The van der Waals surface area contributed by atoms with E-state index < -0.39 is 0 Å². The van der Waals surface area contributed by atoms with Crippen LogP contribution in [0, 0.1) is 13.8 Å². The van der Waals surface area contributed by atoms with Crippen molar-refractivity contribution in [2.24, 2.45) is 10.3 Å². The monoisotopic (exact) mass is 301 g/mol. The van der Waals surface area contributed by atoms with Gasteiger partial charge in [-0.3, -0.25) is 0 Å². The average Bonchev–Trinajstić information content (AvgIpc) is 2.59. The van der Waals surface area contributed by atoms with Gasteiger partial charge in [0.1, 0.15) is 0 Å². The fourth-order valence-electron chi connectivity index (χ4n) is 2.22. The maximum absolute atomic E-state index is 4.45. The van der Waals surface area contributed by atoms with Crippen LogP contribution in [0.3, 0.4) is 0 Å². The standard InChI is InChI=1S/C20H19N3/c1-16-8-12-18(13-9-16)21-22-23(19-6-4-3-5-7-19)20-14-10-17(2)11-15-20/h3-15H,1-2H3. The van der Waals surface area contributed by atoms with Gasteiger partial charge in [0, 0.05) is 0 Å². The van der Waals surface area contributed by atoms with Crippen LogP contribution in [-0.2, 0) is 0 Å². The van der Waals surface area contributed by atoms with E-state index >= 15 is 0 Å². The Kier molecular flexibility index (Phi) is 4.48. The number of anilines is 2. The smallest absolute Gasteiger partial charge is 0.0874 e. The number of rotatable bonds is 4. The van der Waals surface area contributed by atoms with E-state index in [2.05, 4.69) is 48.5 Å². The van der Waals surface area contributed by atoms with Crippen molar-refractivity contribution in [3.05, 3.63) is 90.0 Å². The minimum atomic E-state index is 0.837. The summed E-state index contributed by atoms with van der Waals surface area (Å²) < 4.78 is 0. The molecule has 3 aromatic carbocycles. The first-order valence-corrected chi connectivity index (χ1v) is 7.62. The molecule has 0 unspecified atom stereocenters. The van der Waals surface area contributed by atoms with Crippen LogP contribution in [0.1, 0.15) is 11.1 Å². The molecule has 0 bridgehead atoms. The average molecular weight is 301 g/mol. The second-order valence-electron chi connectivity index (χ2n) is 5.51. The van der Waals surface area contributed by atoms with Gasteiger partial charge in [-0.1, -0.05) is 58.8 Å². The maximum Gasteiger partial charge on any atom is 0.0874 e. The van der Waals surface area contributed by atoms with E-state index in [1.54, 1.807) is 0 Å². The van der Waals surface area contributed by atoms with Crippen molar-refractivity contribution < 1.29 is 0 Å². The van der Waals surface area contributed by atoms with Crippen molar-refractivity contribution in [2.45, 2.75) is 13.8 Å². The fourth-order valence-corrected chi connectivity index (χ4v) is 2.22. The van der Waals surface area contributed by atoms with Gasteiger partial charge in [0.05, 0.1) is 17.1 Å². The molecule has 0 aliphatic carbocycles. The van der Waals surface area contributed by atoms with Crippen molar-refractivity contribution in [3.63, 3.8) is 0 Å². The number of nitrogens with zero attached hydrogens (tertiary/aromatic N) is 3. The van der Waals surface area contributed by atoms with E-state index in [-0.39, 0.29) is 0 Å². The zero-order valence-corrected chi connectivity index (χ0v) is 13.3. The third-order valence-corrected chi connectivity index (χ3v) is 3.56. The molecule has 3 rings (SSSR count). The van der Waals surface area contributed by atoms with Crippen molar-refractivity contribution in [1.29, 1.82) is 0 Å². The van der Waals surface area contributed by atoms with Crippen LogP contribution in [0.4, 0.5) is 17.1 Å². The summed E-state index contributed by atoms with van der Waals surface area (Å²) in [6.45, 7) is 4.13. The predicted octanol–water partition coefficient (Wildman–Crippen LogP) is 6.14. The summed E-state index contributed by atoms with van der Waals surface area (Å²) in [6.07, 6.45) is 0. The Labute approximate surface area is 136 Å². The van der Waals surface area contributed by atoms with Crippen molar-refractivity contribution in [3.8, 4) is 0 Å². The minimum Gasteiger partial charge on any atom is -0.215 e. The molecule has 3 aromatic rings. The molecule has 0 spiro atoms. The topological polar surface area (TPSA) is 28.0 Å². The molecule has 114 valence electrons. The van der Waals surface area contributed by atoms with Crippen LogP contribution in [0.2, 0.25) is 0 Å². The zero-order chi connectivity index (χ0) is 16.1. The summed E-state index contributed by atoms with van der Waals surface area (Å²) in [4.78, 5) is 0. The Morgan fingerprint density at radius 1 is 0.609 bits per heavy atom. The summed E-state index contributed by atoms with van der Waals surface area (Å²) in [7, 11) is 0. The van der Waals surface area contributed by atoms with Gasteiger partial charge < -0.3 is 0 Å². The van der Waals surface area contributed by atoms with E-state index in [0.717, 1.165) is 17.1 Å². The first kappa shape index (κ1) is 15.0. The summed E-state index contributed by atoms with van der Waals surface area (Å²) in [5.74, 6) is 0. The van der Waals surface area contributed by atoms with E-state index in [1.807, 2.05) is 59.6 Å². The highest BCUT2D eigenvalue weighted by Gasteiger charge is 2.07. The van der Waals surface area contributed by atoms with Gasteiger partial charge in [-0.15, -0.1) is 5.11 Å². The fraction of sp³-hybridized carbons (Fsp3) is 0.100. The van der Waals surface area contributed by atoms with E-state index in [0.29, 0.717) is 0 Å². The van der Waals surface area contributed by atoms with Gasteiger partial charge in [0.15, 0.2) is 0 Å². The lowest BCUT2D eigenvalue weighted by Crippen LogP contribution is -2.07. The number of aryl methyl sites for hydroxylation is 2. The highest BCUT2D eigenvalue weighted by molar-refractivity contribution is 5.62. The van der Waals surface area contributed by atoms with E-state index in [9.17, 15) is 0 Å². The molecule has 0 radical (unpaired) electrons. The Morgan fingerprint density at radius 3 is 1.74 bits per heavy atom. The van der Waals surface area contributed by atoms with Crippen LogP contribution >= 0.6 is 0 Å². The molecule has 0 heterocycles. The molecule has 0 aromatic heterocycles. The SMILES string of the molecule is Cc1ccc(N=NN(c2ccccc2)c2ccc(C)cc2)cc1. The summed E-state index contributed by atoms with van der Waals surface area (Å²) >= 11 is 0. The third-order valence-electron chi connectivity index (χ3n) is 3.56. The first-order valence-electron chi connectivity index (χ1n) is 7.62. The molecule has 3 heteroatoms. The second-order valence-corrected chi connectivity index (χ2v) is 5.51. The molecular weight excluding hydrogens is 282 g/mol. The van der Waals surface area contributed by atoms with Crippen LogP contribution in [0.15, 0.2) is 89.2 Å². The van der Waals surface area contributed by atoms with E-state index in [1.165, 1.54) is 11.1 Å². The molecular formula is C20H19N3. The van der Waals surface area contributed by atoms with Crippen LogP contribution in [-0.4, -0.2) is 0 Å². The second kappa shape index (κ2) is 6.88. The summed E-state index contributed by atoms with van der Waals surface area (Å²) in [5.41, 5.74) is 5.23. The minimum absolute atomic E-state index is 0.837. The van der Waals surface area contributed by atoms with Gasteiger partial charge in [0.2, 0.25) is 0 Å². The Balaban J connectivity index is 1.95. The van der Waals surface area contributed by atoms with E-state index in [4.69, 9.17) is 0 Å². The molecule has 0 saturated heterocycles. The van der Waals surface area contributed by atoms with Crippen molar-refractivity contribution in [1.82, 2.24) is 0 Å². The number of hydrogen-bond acceptors (Lipinski definition) is 2. The summed E-state index contributed by atoms with van der Waals surface area (Å²) in [6, 6.07) is 26.3. The molecule has 0 fully saturated rings. The van der Waals surface area contributed by atoms with Crippen molar-refractivity contribution >= 4 is 17.1 Å². The van der Waals surface area contributed by atoms with Gasteiger partial charge in [-0.2, -0.15) is 0 Å². The normalized spacial score (nSPS) is 10.9. The van der Waals surface area contributed by atoms with Gasteiger partial charge in [-0.25, -0.2) is 5.01 Å². The molecule has 0 atom stereocenters. The maximum atomic E-state index is 4.45. The lowest BCUT2D eigenvalue weighted by Gasteiger charge is -2.17. The highest BCUT2D eigenvalue weighted by Crippen LogP contribution is 2.27. The number of hydrogen-bond donors (Lipinski definition) is 0. The molecule has 0 amide bonds. The van der Waals surface area contributed by atoms with Crippen LogP contribution < -0.4 is 5.01 Å². The Hall–Kier alpha value is -2.94. The highest BCUT2D eigenvalue weighted by atomic mass is 15.5. The van der Waals surface area contributed by atoms with Crippen LogP contribution in [0.5, 0.6) is 0 Å². The lowest BCUT2D eigenvalue weighted by molar-refractivity contribution is 0.973. The van der Waals surface area contributed by atoms with Gasteiger partial charge in [0.25, 0.3) is 0 Å². The number of benzene rings is 3. The lowest BCUT2D eigenvalue weighted by atomic mass is 10.2. The summed E-state index contributed by atoms with van der Waals surface area (Å²) in [5, 5.41) is 10.7. The third kappa shape index (κ3) is 3.83. The molecule has 0 aliphatic rings. The Morgan fingerprint density at radius 2 is 1.13 bits per heavy atom. The molecule has 0 N–H and O–H groups in total. The van der Waals surface area contributed by atoms with Gasteiger partial charge in [-0.05, 0) is 50.2 Å². The quantitative estimate of drug-likeness (QED) is 0.420. The molecule has 23 heavy (non-hydrogen) atoms. The van der Waals surface area contributed by atoms with Crippen LogP contribution in [0.25, 0.3) is 0 Å². The zero-order valence-electron chi connectivity index (χ0n) is 13.3. The molecule has 3 nitrogen and oxygen atoms in total. The largest absolute Gasteiger partial charge is 0.215 e. The predicted molar refractivity (Wildman–Crippen MR) is 95.5 cm³/mol. The van der Waals surface area contributed by atoms with Crippen molar-refractivity contribution in [2.75, 3.05) is 5.01 Å². The Bertz CT molecular complexity index is 775. The molecule has 0 aliphatic heterocycles. The van der Waals surface area contributed by atoms with Gasteiger partial charge >= 0.3 is 0 Å². The number of para-hydroxylation sites is 1.